The predicted octanol–water partition coefficient (Wildman–Crippen LogP) is 2.17. The smallest absolute Gasteiger partial charge is 0.223 e. The summed E-state index contributed by atoms with van der Waals surface area (Å²) in [6.45, 7) is 0. The van der Waals surface area contributed by atoms with Gasteiger partial charge >= 0.3 is 0 Å². The van der Waals surface area contributed by atoms with Gasteiger partial charge in [0.1, 0.15) is 17.7 Å². The fraction of sp³-hybridized carbons (Fsp3) is 0.333. The number of halogens is 1. The van der Waals surface area contributed by atoms with Gasteiger partial charge in [-0.2, -0.15) is 0 Å². The minimum absolute atomic E-state index is 0.0266. The second kappa shape index (κ2) is 5.07. The Morgan fingerprint density at radius 3 is 2.80 bits per heavy atom. The zero-order valence-electron chi connectivity index (χ0n) is 11.2. The number of carbonyl (C=O) groups excluding carboxylic acids is 1. The summed E-state index contributed by atoms with van der Waals surface area (Å²) in [5, 5.41) is 2.92. The molecule has 5 heteroatoms. The van der Waals surface area contributed by atoms with Gasteiger partial charge in [-0.3, -0.25) is 4.79 Å². The molecule has 1 heterocycles. The molecule has 1 aromatic carbocycles. The van der Waals surface area contributed by atoms with Crippen LogP contribution in [-0.2, 0) is 11.8 Å². The van der Waals surface area contributed by atoms with Crippen molar-refractivity contribution in [1.82, 2.24) is 14.9 Å². The Bertz CT molecular complexity index is 634. The van der Waals surface area contributed by atoms with Crippen LogP contribution in [-0.4, -0.2) is 15.5 Å². The average Bonchev–Trinajstić information content (AvgIpc) is 3.20. The van der Waals surface area contributed by atoms with E-state index < -0.39 is 6.04 Å². The molecular formula is C15H16FN3O. The van der Waals surface area contributed by atoms with E-state index in [4.69, 9.17) is 0 Å². The van der Waals surface area contributed by atoms with Crippen LogP contribution in [0.5, 0.6) is 0 Å². The highest BCUT2D eigenvalue weighted by molar-refractivity contribution is 5.81. The van der Waals surface area contributed by atoms with E-state index in [1.165, 1.54) is 6.07 Å². The molecule has 20 heavy (non-hydrogen) atoms. The number of aryl methyl sites for hydroxylation is 1. The Balaban J connectivity index is 1.97. The zero-order chi connectivity index (χ0) is 14.1. The molecule has 1 aliphatic carbocycles. The van der Waals surface area contributed by atoms with Gasteiger partial charge in [0.2, 0.25) is 5.91 Å². The number of nitrogens with one attached hydrogen (secondary N) is 1. The predicted molar refractivity (Wildman–Crippen MR) is 72.3 cm³/mol. The van der Waals surface area contributed by atoms with Gasteiger partial charge in [0.05, 0.1) is 0 Å². The summed E-state index contributed by atoms with van der Waals surface area (Å²) in [5.41, 5.74) is 0.441. The lowest BCUT2D eigenvalue weighted by Crippen LogP contribution is -2.32. The van der Waals surface area contributed by atoms with Gasteiger partial charge in [0.15, 0.2) is 0 Å². The number of benzene rings is 1. The summed E-state index contributed by atoms with van der Waals surface area (Å²) in [7, 11) is 1.83. The highest BCUT2D eigenvalue weighted by Crippen LogP contribution is 2.31. The SMILES string of the molecule is Cn1ccnc1[C@@H](NC(=O)C1CC1)c1ccccc1F. The van der Waals surface area contributed by atoms with Gasteiger partial charge in [-0.1, -0.05) is 18.2 Å². The number of hydrogen-bond acceptors (Lipinski definition) is 2. The second-order valence-corrected chi connectivity index (χ2v) is 5.13. The molecule has 1 N–H and O–H groups in total. The topological polar surface area (TPSA) is 46.9 Å². The number of hydrogen-bond donors (Lipinski definition) is 1. The largest absolute Gasteiger partial charge is 0.342 e. The van der Waals surface area contributed by atoms with E-state index >= 15 is 0 Å². The molecule has 4 nitrogen and oxygen atoms in total. The summed E-state index contributed by atoms with van der Waals surface area (Å²) in [4.78, 5) is 16.3. The number of imidazole rings is 1. The van der Waals surface area contributed by atoms with Crippen molar-refractivity contribution >= 4 is 5.91 Å². The molecule has 1 aliphatic rings. The minimum atomic E-state index is -0.552. The monoisotopic (exact) mass is 273 g/mol. The summed E-state index contributed by atoms with van der Waals surface area (Å²) < 4.78 is 15.8. The first kappa shape index (κ1) is 12.8. The maximum atomic E-state index is 14.0. The standard InChI is InChI=1S/C15H16FN3O/c1-19-9-8-17-14(19)13(18-15(20)10-6-7-10)11-4-2-3-5-12(11)16/h2-5,8-10,13H,6-7H2,1H3,(H,18,20)/t13-/m0/s1. The van der Waals surface area contributed by atoms with Crippen LogP contribution in [0.4, 0.5) is 4.39 Å². The first-order valence-corrected chi connectivity index (χ1v) is 6.69. The van der Waals surface area contributed by atoms with Crippen molar-refractivity contribution in [3.8, 4) is 0 Å². The van der Waals surface area contributed by atoms with Crippen molar-refractivity contribution in [2.24, 2.45) is 13.0 Å². The Hall–Kier alpha value is -2.17. The first-order valence-electron chi connectivity index (χ1n) is 6.69. The van der Waals surface area contributed by atoms with Crippen LogP contribution in [0.25, 0.3) is 0 Å². The molecule has 1 fully saturated rings. The molecule has 1 aromatic heterocycles. The van der Waals surface area contributed by atoms with E-state index in [-0.39, 0.29) is 17.6 Å². The van der Waals surface area contributed by atoms with Crippen molar-refractivity contribution in [3.63, 3.8) is 0 Å². The van der Waals surface area contributed by atoms with E-state index in [0.29, 0.717) is 11.4 Å². The molecule has 0 aliphatic heterocycles. The molecule has 0 unspecified atom stereocenters. The fourth-order valence-corrected chi connectivity index (χ4v) is 2.25. The summed E-state index contributed by atoms with van der Waals surface area (Å²) in [5.74, 6) is 0.339. The number of amides is 1. The Morgan fingerprint density at radius 2 is 2.20 bits per heavy atom. The van der Waals surface area contributed by atoms with Gasteiger partial charge in [0, 0.05) is 30.9 Å². The van der Waals surface area contributed by atoms with Crippen LogP contribution in [0.15, 0.2) is 36.7 Å². The molecule has 2 aromatic rings. The quantitative estimate of drug-likeness (QED) is 0.928. The van der Waals surface area contributed by atoms with Crippen molar-refractivity contribution in [2.75, 3.05) is 0 Å². The molecule has 1 atom stereocenters. The summed E-state index contributed by atoms with van der Waals surface area (Å²) in [6.07, 6.45) is 5.26. The number of rotatable bonds is 4. The van der Waals surface area contributed by atoms with Gasteiger partial charge in [-0.25, -0.2) is 9.37 Å². The number of carbonyl (C=O) groups is 1. The van der Waals surface area contributed by atoms with E-state index in [9.17, 15) is 9.18 Å². The van der Waals surface area contributed by atoms with Crippen molar-refractivity contribution in [1.29, 1.82) is 0 Å². The van der Waals surface area contributed by atoms with E-state index in [1.807, 2.05) is 7.05 Å². The molecule has 104 valence electrons. The highest BCUT2D eigenvalue weighted by Gasteiger charge is 2.33. The molecular weight excluding hydrogens is 257 g/mol. The Kier molecular flexibility index (Phi) is 3.26. The molecule has 0 bridgehead atoms. The Labute approximate surface area is 116 Å². The third-order valence-electron chi connectivity index (χ3n) is 3.57. The van der Waals surface area contributed by atoms with Gasteiger partial charge in [-0.15, -0.1) is 0 Å². The molecule has 0 spiro atoms. The van der Waals surface area contributed by atoms with Gasteiger partial charge in [-0.05, 0) is 18.9 Å². The van der Waals surface area contributed by atoms with E-state index in [1.54, 1.807) is 35.2 Å². The van der Waals surface area contributed by atoms with Gasteiger partial charge in [0.25, 0.3) is 0 Å². The van der Waals surface area contributed by atoms with Crippen LogP contribution >= 0.6 is 0 Å². The number of aromatic nitrogens is 2. The maximum Gasteiger partial charge on any atom is 0.223 e. The third-order valence-corrected chi connectivity index (χ3v) is 3.57. The summed E-state index contributed by atoms with van der Waals surface area (Å²) in [6, 6.07) is 5.93. The summed E-state index contributed by atoms with van der Waals surface area (Å²) >= 11 is 0. The minimum Gasteiger partial charge on any atom is -0.342 e. The normalized spacial score (nSPS) is 15.9. The van der Waals surface area contributed by atoms with E-state index in [0.717, 1.165) is 12.8 Å². The average molecular weight is 273 g/mol. The lowest BCUT2D eigenvalue weighted by atomic mass is 10.0. The molecule has 0 saturated heterocycles. The maximum absolute atomic E-state index is 14.0. The van der Waals surface area contributed by atoms with E-state index in [2.05, 4.69) is 10.3 Å². The van der Waals surface area contributed by atoms with Gasteiger partial charge < -0.3 is 9.88 Å². The van der Waals surface area contributed by atoms with Crippen molar-refractivity contribution < 1.29 is 9.18 Å². The lowest BCUT2D eigenvalue weighted by Gasteiger charge is -2.19. The van der Waals surface area contributed by atoms with Crippen LogP contribution in [0.2, 0.25) is 0 Å². The number of nitrogens with zero attached hydrogens (tertiary/aromatic N) is 2. The van der Waals surface area contributed by atoms with Crippen LogP contribution < -0.4 is 5.32 Å². The molecule has 0 radical (unpaired) electrons. The first-order chi connectivity index (χ1) is 9.66. The lowest BCUT2D eigenvalue weighted by molar-refractivity contribution is -0.122. The van der Waals surface area contributed by atoms with Crippen LogP contribution in [0.1, 0.15) is 30.3 Å². The molecule has 3 rings (SSSR count). The van der Waals surface area contributed by atoms with Crippen LogP contribution in [0.3, 0.4) is 0 Å². The van der Waals surface area contributed by atoms with Crippen molar-refractivity contribution in [3.05, 3.63) is 53.9 Å². The molecule has 1 saturated carbocycles. The third kappa shape index (κ3) is 2.43. The fourth-order valence-electron chi connectivity index (χ4n) is 2.25. The zero-order valence-corrected chi connectivity index (χ0v) is 11.2. The molecule has 1 amide bonds. The highest BCUT2D eigenvalue weighted by atomic mass is 19.1. The van der Waals surface area contributed by atoms with Crippen molar-refractivity contribution in [2.45, 2.75) is 18.9 Å². The Morgan fingerprint density at radius 1 is 1.45 bits per heavy atom. The second-order valence-electron chi connectivity index (χ2n) is 5.13. The van der Waals surface area contributed by atoms with Crippen LogP contribution in [0, 0.1) is 11.7 Å².